The first-order valence-corrected chi connectivity index (χ1v) is 6.70. The zero-order valence-corrected chi connectivity index (χ0v) is 10.6. The van der Waals surface area contributed by atoms with Crippen molar-refractivity contribution in [3.05, 3.63) is 42.5 Å². The Morgan fingerprint density at radius 3 is 2.83 bits per heavy atom. The third-order valence-electron chi connectivity index (χ3n) is 2.47. The Kier molecular flexibility index (Phi) is 3.35. The molecule has 0 spiro atoms. The summed E-state index contributed by atoms with van der Waals surface area (Å²) in [5, 5.41) is 9.04. The zero-order chi connectivity index (χ0) is 13.2. The first-order chi connectivity index (χ1) is 8.53. The molecule has 0 saturated carbocycles. The number of hydrogen-bond acceptors (Lipinski definition) is 4. The van der Waals surface area contributed by atoms with Crippen LogP contribution >= 0.6 is 0 Å². The minimum absolute atomic E-state index is 0.109. The van der Waals surface area contributed by atoms with Crippen LogP contribution in [0.15, 0.2) is 41.7 Å². The van der Waals surface area contributed by atoms with E-state index in [0.717, 1.165) is 0 Å². The van der Waals surface area contributed by atoms with Crippen molar-refractivity contribution in [1.29, 1.82) is 0 Å². The molecule has 0 fully saturated rings. The molecule has 18 heavy (non-hydrogen) atoms. The number of nitrogens with one attached hydrogen (secondary N) is 1. The van der Waals surface area contributed by atoms with Gasteiger partial charge in [-0.25, -0.2) is 8.42 Å². The highest BCUT2D eigenvalue weighted by Crippen LogP contribution is 2.17. The molecule has 2 N–H and O–H groups in total. The second-order valence-electron chi connectivity index (χ2n) is 3.78. The predicted molar refractivity (Wildman–Crippen MR) is 66.4 cm³/mol. The predicted octanol–water partition coefficient (Wildman–Crippen LogP) is 0.713. The molecule has 0 saturated heterocycles. The van der Waals surface area contributed by atoms with Crippen LogP contribution < -0.4 is 4.72 Å². The van der Waals surface area contributed by atoms with Crippen LogP contribution in [0.3, 0.4) is 0 Å². The lowest BCUT2D eigenvalue weighted by molar-refractivity contribution is 0.272. The number of aromatic nitrogens is 2. The van der Waals surface area contributed by atoms with Crippen molar-refractivity contribution >= 4 is 15.7 Å². The van der Waals surface area contributed by atoms with E-state index in [1.165, 1.54) is 18.5 Å². The Balaban J connectivity index is 2.31. The number of aliphatic hydroxyl groups excluding tert-OH is 1. The third kappa shape index (κ3) is 2.52. The molecule has 2 aromatic rings. The molecule has 0 unspecified atom stereocenters. The summed E-state index contributed by atoms with van der Waals surface area (Å²) < 4.78 is 28.1. The molecule has 2 heterocycles. The SMILES string of the molecule is Cn1cc(S(=O)(=O)Nc2cccnc2)cc1CO. The highest BCUT2D eigenvalue weighted by molar-refractivity contribution is 7.92. The Morgan fingerprint density at radius 1 is 1.50 bits per heavy atom. The minimum Gasteiger partial charge on any atom is -0.390 e. The molecule has 0 aliphatic carbocycles. The van der Waals surface area contributed by atoms with E-state index in [1.54, 1.807) is 29.9 Å². The second-order valence-corrected chi connectivity index (χ2v) is 5.47. The third-order valence-corrected chi connectivity index (χ3v) is 3.82. The first kappa shape index (κ1) is 12.6. The second kappa shape index (κ2) is 4.79. The van der Waals surface area contributed by atoms with Crippen molar-refractivity contribution < 1.29 is 13.5 Å². The largest absolute Gasteiger partial charge is 0.390 e. The molecule has 0 aliphatic rings. The van der Waals surface area contributed by atoms with Crippen LogP contribution in [0.4, 0.5) is 5.69 Å². The van der Waals surface area contributed by atoms with Crippen LogP contribution in [-0.4, -0.2) is 23.1 Å². The summed E-state index contributed by atoms with van der Waals surface area (Å²) in [6.07, 6.45) is 4.43. The van der Waals surface area contributed by atoms with E-state index in [0.29, 0.717) is 11.4 Å². The fourth-order valence-corrected chi connectivity index (χ4v) is 2.66. The Labute approximate surface area is 105 Å². The summed E-state index contributed by atoms with van der Waals surface area (Å²) in [4.78, 5) is 3.94. The zero-order valence-electron chi connectivity index (χ0n) is 9.74. The van der Waals surface area contributed by atoms with Crippen LogP contribution in [0.1, 0.15) is 5.69 Å². The summed E-state index contributed by atoms with van der Waals surface area (Å²) in [5.41, 5.74) is 0.925. The molecule has 7 heteroatoms. The number of sulfonamides is 1. The maximum atomic E-state index is 12.0. The normalized spacial score (nSPS) is 11.4. The van der Waals surface area contributed by atoms with E-state index in [1.807, 2.05) is 0 Å². The van der Waals surface area contributed by atoms with Gasteiger partial charge in [0.05, 0.1) is 18.5 Å². The molecule has 0 amide bonds. The Hall–Kier alpha value is -1.86. The minimum atomic E-state index is -3.65. The number of nitrogens with zero attached hydrogens (tertiary/aromatic N) is 2. The fourth-order valence-electron chi connectivity index (χ4n) is 1.52. The summed E-state index contributed by atoms with van der Waals surface area (Å²) in [6, 6.07) is 4.68. The average molecular weight is 267 g/mol. The van der Waals surface area contributed by atoms with Gasteiger partial charge >= 0.3 is 0 Å². The molecule has 0 bridgehead atoms. The van der Waals surface area contributed by atoms with Crippen LogP contribution in [0, 0.1) is 0 Å². The van der Waals surface area contributed by atoms with E-state index in [9.17, 15) is 8.42 Å². The summed E-state index contributed by atoms with van der Waals surface area (Å²) in [7, 11) is -1.97. The average Bonchev–Trinajstić information content (AvgIpc) is 2.72. The number of aliphatic hydroxyl groups is 1. The molecule has 6 nitrogen and oxygen atoms in total. The van der Waals surface area contributed by atoms with Crippen molar-refractivity contribution in [1.82, 2.24) is 9.55 Å². The van der Waals surface area contributed by atoms with E-state index >= 15 is 0 Å². The summed E-state index contributed by atoms with van der Waals surface area (Å²) in [6.45, 7) is -0.209. The Morgan fingerprint density at radius 2 is 2.28 bits per heavy atom. The molecular weight excluding hydrogens is 254 g/mol. The molecule has 2 rings (SSSR count). The monoisotopic (exact) mass is 267 g/mol. The number of anilines is 1. The van der Waals surface area contributed by atoms with Crippen molar-refractivity contribution in [3.8, 4) is 0 Å². The van der Waals surface area contributed by atoms with Gasteiger partial charge in [0.2, 0.25) is 0 Å². The highest BCUT2D eigenvalue weighted by Gasteiger charge is 2.17. The quantitative estimate of drug-likeness (QED) is 0.854. The topological polar surface area (TPSA) is 84.2 Å². The molecule has 0 atom stereocenters. The van der Waals surface area contributed by atoms with Gasteiger partial charge in [-0.2, -0.15) is 0 Å². The first-order valence-electron chi connectivity index (χ1n) is 5.22. The standard InChI is InChI=1S/C11H13N3O3S/c1-14-7-11(5-10(14)8-15)18(16,17)13-9-3-2-4-12-6-9/h2-7,13,15H,8H2,1H3. The van der Waals surface area contributed by atoms with E-state index in [2.05, 4.69) is 9.71 Å². The van der Waals surface area contributed by atoms with Gasteiger partial charge < -0.3 is 9.67 Å². The maximum Gasteiger partial charge on any atom is 0.263 e. The van der Waals surface area contributed by atoms with Crippen molar-refractivity contribution in [2.75, 3.05) is 4.72 Å². The molecular formula is C11H13N3O3S. The van der Waals surface area contributed by atoms with Gasteiger partial charge in [-0.1, -0.05) is 0 Å². The molecule has 96 valence electrons. The van der Waals surface area contributed by atoms with Gasteiger partial charge in [-0.15, -0.1) is 0 Å². The smallest absolute Gasteiger partial charge is 0.263 e. The summed E-state index contributed by atoms with van der Waals surface area (Å²) in [5.74, 6) is 0. The van der Waals surface area contributed by atoms with Crippen LogP contribution in [0.25, 0.3) is 0 Å². The van der Waals surface area contributed by atoms with Crippen molar-refractivity contribution in [3.63, 3.8) is 0 Å². The van der Waals surface area contributed by atoms with Gasteiger partial charge in [-0.3, -0.25) is 9.71 Å². The van der Waals surface area contributed by atoms with Gasteiger partial charge in [0.1, 0.15) is 4.90 Å². The number of aryl methyl sites for hydroxylation is 1. The lowest BCUT2D eigenvalue weighted by Gasteiger charge is -2.04. The number of rotatable bonds is 4. The van der Waals surface area contributed by atoms with Gasteiger partial charge in [0, 0.05) is 25.1 Å². The van der Waals surface area contributed by atoms with Gasteiger partial charge in [-0.05, 0) is 18.2 Å². The van der Waals surface area contributed by atoms with Crippen LogP contribution in [-0.2, 0) is 23.7 Å². The van der Waals surface area contributed by atoms with Crippen molar-refractivity contribution in [2.45, 2.75) is 11.5 Å². The highest BCUT2D eigenvalue weighted by atomic mass is 32.2. The van der Waals surface area contributed by atoms with E-state index in [4.69, 9.17) is 5.11 Å². The Bertz CT molecular complexity index is 635. The van der Waals surface area contributed by atoms with Gasteiger partial charge in [0.15, 0.2) is 0 Å². The van der Waals surface area contributed by atoms with Crippen LogP contribution in [0.2, 0.25) is 0 Å². The lowest BCUT2D eigenvalue weighted by Crippen LogP contribution is -2.12. The molecule has 0 aliphatic heterocycles. The lowest BCUT2D eigenvalue weighted by atomic mass is 10.4. The van der Waals surface area contributed by atoms with Gasteiger partial charge in [0.25, 0.3) is 10.0 Å². The fraction of sp³-hybridized carbons (Fsp3) is 0.182. The number of hydrogen-bond donors (Lipinski definition) is 2. The molecule has 0 aromatic carbocycles. The van der Waals surface area contributed by atoms with Crippen molar-refractivity contribution in [2.24, 2.45) is 7.05 Å². The van der Waals surface area contributed by atoms with Crippen LogP contribution in [0.5, 0.6) is 0 Å². The summed E-state index contributed by atoms with van der Waals surface area (Å²) >= 11 is 0. The van der Waals surface area contributed by atoms with E-state index in [-0.39, 0.29) is 11.5 Å². The van der Waals surface area contributed by atoms with E-state index < -0.39 is 10.0 Å². The number of pyridine rings is 1. The maximum absolute atomic E-state index is 12.0. The molecule has 0 radical (unpaired) electrons. The molecule has 2 aromatic heterocycles.